The maximum Gasteiger partial charge on any atom is 0.322 e. The average molecular weight is 418 g/mol. The van der Waals surface area contributed by atoms with Gasteiger partial charge in [-0.2, -0.15) is 0 Å². The number of rotatable bonds is 3. The van der Waals surface area contributed by atoms with E-state index in [9.17, 15) is 9.59 Å². The summed E-state index contributed by atoms with van der Waals surface area (Å²) in [7, 11) is 0. The summed E-state index contributed by atoms with van der Waals surface area (Å²) >= 11 is 1.50. The number of hydrogen-bond donors (Lipinski definition) is 2. The highest BCUT2D eigenvalue weighted by atomic mass is 32.1. The SMILES string of the molecule is O=C(Nc1ccc2c(c1)Cc1ccccc1-2)C1CCN(C(=O)Nc2cccs2)CC1. The van der Waals surface area contributed by atoms with Crippen molar-refractivity contribution in [1.29, 1.82) is 0 Å². The Morgan fingerprint density at radius 3 is 2.50 bits per heavy atom. The fourth-order valence-corrected chi connectivity index (χ4v) is 4.95. The summed E-state index contributed by atoms with van der Waals surface area (Å²) in [6, 6.07) is 18.4. The number of urea groups is 1. The summed E-state index contributed by atoms with van der Waals surface area (Å²) in [5.41, 5.74) is 6.00. The maximum atomic E-state index is 12.8. The molecule has 1 aromatic heterocycles. The summed E-state index contributed by atoms with van der Waals surface area (Å²) in [6.07, 6.45) is 2.27. The summed E-state index contributed by atoms with van der Waals surface area (Å²) in [5.74, 6) is -0.0231. The second-order valence-electron chi connectivity index (χ2n) is 7.86. The zero-order valence-electron chi connectivity index (χ0n) is 16.6. The van der Waals surface area contributed by atoms with Gasteiger partial charge in [-0.3, -0.25) is 10.1 Å². The molecule has 1 aliphatic heterocycles. The van der Waals surface area contributed by atoms with E-state index in [2.05, 4.69) is 47.0 Å². The first-order chi connectivity index (χ1) is 14.7. The average Bonchev–Trinajstić information content (AvgIpc) is 3.40. The van der Waals surface area contributed by atoms with Crippen LogP contribution in [0.15, 0.2) is 60.0 Å². The van der Waals surface area contributed by atoms with Crippen molar-refractivity contribution >= 4 is 34.0 Å². The van der Waals surface area contributed by atoms with E-state index in [1.807, 2.05) is 23.6 Å². The minimum absolute atomic E-state index is 0.0452. The molecule has 3 aromatic rings. The van der Waals surface area contributed by atoms with E-state index >= 15 is 0 Å². The third kappa shape index (κ3) is 3.71. The fourth-order valence-electron chi connectivity index (χ4n) is 4.35. The molecule has 2 aromatic carbocycles. The first kappa shape index (κ1) is 18.9. The zero-order chi connectivity index (χ0) is 20.5. The molecule has 30 heavy (non-hydrogen) atoms. The Kier molecular flexibility index (Phi) is 5.01. The van der Waals surface area contributed by atoms with Crippen LogP contribution in [0.5, 0.6) is 0 Å². The van der Waals surface area contributed by atoms with Crippen LogP contribution in [0.4, 0.5) is 15.5 Å². The van der Waals surface area contributed by atoms with E-state index in [1.54, 1.807) is 4.90 Å². The highest BCUT2D eigenvalue weighted by molar-refractivity contribution is 7.14. The molecule has 0 atom stereocenters. The van der Waals surface area contributed by atoms with E-state index in [4.69, 9.17) is 0 Å². The van der Waals surface area contributed by atoms with Gasteiger partial charge in [0.2, 0.25) is 5.91 Å². The molecule has 5 rings (SSSR count). The number of amides is 3. The number of nitrogens with zero attached hydrogens (tertiary/aromatic N) is 1. The van der Waals surface area contributed by atoms with E-state index in [-0.39, 0.29) is 17.9 Å². The van der Waals surface area contributed by atoms with E-state index in [0.29, 0.717) is 25.9 Å². The van der Waals surface area contributed by atoms with Crippen LogP contribution in [0, 0.1) is 5.92 Å². The molecule has 2 heterocycles. The monoisotopic (exact) mass is 417 g/mol. The third-order valence-electron chi connectivity index (χ3n) is 5.97. The predicted octanol–water partition coefficient (Wildman–Crippen LogP) is 5.20. The Morgan fingerprint density at radius 2 is 1.70 bits per heavy atom. The molecule has 2 aliphatic rings. The number of fused-ring (bicyclic) bond motifs is 3. The highest BCUT2D eigenvalue weighted by Gasteiger charge is 2.28. The topological polar surface area (TPSA) is 61.4 Å². The molecule has 0 radical (unpaired) electrons. The molecule has 2 N–H and O–H groups in total. The van der Waals surface area contributed by atoms with Gasteiger partial charge in [-0.05, 0) is 71.2 Å². The summed E-state index contributed by atoms with van der Waals surface area (Å²) in [5, 5.41) is 8.78. The van der Waals surface area contributed by atoms with Gasteiger partial charge >= 0.3 is 6.03 Å². The Bertz CT molecular complexity index is 1090. The van der Waals surface area contributed by atoms with Gasteiger partial charge in [0, 0.05) is 24.7 Å². The second kappa shape index (κ2) is 7.95. The number of hydrogen-bond acceptors (Lipinski definition) is 3. The summed E-state index contributed by atoms with van der Waals surface area (Å²) < 4.78 is 0. The van der Waals surface area contributed by atoms with Crippen molar-refractivity contribution in [2.24, 2.45) is 5.92 Å². The molecular weight excluding hydrogens is 394 g/mol. The lowest BCUT2D eigenvalue weighted by atomic mass is 9.96. The lowest BCUT2D eigenvalue weighted by molar-refractivity contribution is -0.121. The van der Waals surface area contributed by atoms with Crippen molar-refractivity contribution in [3.63, 3.8) is 0 Å². The normalized spacial score (nSPS) is 15.4. The lowest BCUT2D eigenvalue weighted by Crippen LogP contribution is -2.43. The molecule has 5 nitrogen and oxygen atoms in total. The van der Waals surface area contributed by atoms with Gasteiger partial charge in [0.25, 0.3) is 0 Å². The molecule has 152 valence electrons. The zero-order valence-corrected chi connectivity index (χ0v) is 17.4. The van der Waals surface area contributed by atoms with Gasteiger partial charge < -0.3 is 10.2 Å². The van der Waals surface area contributed by atoms with Crippen molar-refractivity contribution in [2.75, 3.05) is 23.7 Å². The van der Waals surface area contributed by atoms with Crippen LogP contribution in [0.2, 0.25) is 0 Å². The maximum absolute atomic E-state index is 12.8. The molecule has 0 unspecified atom stereocenters. The van der Waals surface area contributed by atoms with Crippen LogP contribution < -0.4 is 10.6 Å². The second-order valence-corrected chi connectivity index (χ2v) is 8.81. The van der Waals surface area contributed by atoms with E-state index in [1.165, 1.54) is 33.6 Å². The predicted molar refractivity (Wildman–Crippen MR) is 121 cm³/mol. The standard InChI is InChI=1S/C24H23N3O2S/c28-23(16-9-11-27(12-10-16)24(29)26-22-6-3-13-30-22)25-19-7-8-21-18(15-19)14-17-4-1-2-5-20(17)21/h1-8,13,15-16H,9-12,14H2,(H,25,28)(H,26,29). The number of anilines is 2. The van der Waals surface area contributed by atoms with Crippen LogP contribution in [-0.4, -0.2) is 29.9 Å². The Labute approximate surface area is 179 Å². The first-order valence-electron chi connectivity index (χ1n) is 10.3. The fraction of sp³-hybridized carbons (Fsp3) is 0.250. The van der Waals surface area contributed by atoms with Gasteiger partial charge in [0.1, 0.15) is 0 Å². The van der Waals surface area contributed by atoms with Crippen LogP contribution in [0.3, 0.4) is 0 Å². The molecule has 0 bridgehead atoms. The minimum atomic E-state index is -0.0884. The van der Waals surface area contributed by atoms with Gasteiger partial charge in [-0.25, -0.2) is 4.79 Å². The van der Waals surface area contributed by atoms with Gasteiger partial charge in [0.05, 0.1) is 5.00 Å². The van der Waals surface area contributed by atoms with Crippen LogP contribution in [0.25, 0.3) is 11.1 Å². The molecule has 1 fully saturated rings. The van der Waals surface area contributed by atoms with Crippen molar-refractivity contribution < 1.29 is 9.59 Å². The molecule has 6 heteroatoms. The highest BCUT2D eigenvalue weighted by Crippen LogP contribution is 2.37. The molecular formula is C24H23N3O2S. The van der Waals surface area contributed by atoms with Crippen LogP contribution in [-0.2, 0) is 11.2 Å². The smallest absolute Gasteiger partial charge is 0.322 e. The van der Waals surface area contributed by atoms with Crippen molar-refractivity contribution in [1.82, 2.24) is 4.90 Å². The number of carbonyl (C=O) groups is 2. The molecule has 1 aliphatic carbocycles. The van der Waals surface area contributed by atoms with Gasteiger partial charge in [-0.15, -0.1) is 11.3 Å². The van der Waals surface area contributed by atoms with Gasteiger partial charge in [0.15, 0.2) is 0 Å². The molecule has 1 saturated heterocycles. The Morgan fingerprint density at radius 1 is 0.900 bits per heavy atom. The first-order valence-corrected chi connectivity index (χ1v) is 11.2. The number of nitrogens with one attached hydrogen (secondary N) is 2. The number of thiophene rings is 1. The van der Waals surface area contributed by atoms with E-state index in [0.717, 1.165) is 17.1 Å². The Hall–Kier alpha value is -3.12. The molecule has 3 amide bonds. The quantitative estimate of drug-likeness (QED) is 0.481. The molecule has 0 saturated carbocycles. The van der Waals surface area contributed by atoms with Crippen molar-refractivity contribution in [3.05, 3.63) is 71.1 Å². The molecule has 0 spiro atoms. The largest absolute Gasteiger partial charge is 0.326 e. The van der Waals surface area contributed by atoms with Crippen molar-refractivity contribution in [2.45, 2.75) is 19.3 Å². The number of carbonyl (C=O) groups excluding carboxylic acids is 2. The van der Waals surface area contributed by atoms with Crippen LogP contribution in [0.1, 0.15) is 24.0 Å². The summed E-state index contributed by atoms with van der Waals surface area (Å²) in [4.78, 5) is 26.9. The minimum Gasteiger partial charge on any atom is -0.326 e. The Balaban J connectivity index is 1.17. The van der Waals surface area contributed by atoms with E-state index < -0.39 is 0 Å². The number of benzene rings is 2. The number of piperidine rings is 1. The van der Waals surface area contributed by atoms with Crippen molar-refractivity contribution in [3.8, 4) is 11.1 Å². The number of likely N-dealkylation sites (tertiary alicyclic amines) is 1. The lowest BCUT2D eigenvalue weighted by Gasteiger charge is -2.31. The van der Waals surface area contributed by atoms with Crippen LogP contribution >= 0.6 is 11.3 Å². The third-order valence-corrected chi connectivity index (χ3v) is 6.75. The van der Waals surface area contributed by atoms with Gasteiger partial charge in [-0.1, -0.05) is 30.3 Å². The summed E-state index contributed by atoms with van der Waals surface area (Å²) in [6.45, 7) is 1.18.